The van der Waals surface area contributed by atoms with Crippen LogP contribution in [0.2, 0.25) is 0 Å². The van der Waals surface area contributed by atoms with E-state index in [1.807, 2.05) is 0 Å². The van der Waals surface area contributed by atoms with Crippen LogP contribution in [0.25, 0.3) is 0 Å². The lowest BCUT2D eigenvalue weighted by molar-refractivity contribution is -0.149. The average Bonchev–Trinajstić information content (AvgIpc) is 2.32. The van der Waals surface area contributed by atoms with E-state index < -0.39 is 12.2 Å². The summed E-state index contributed by atoms with van der Waals surface area (Å²) < 4.78 is 37.6. The van der Waals surface area contributed by atoms with Gasteiger partial charge in [-0.05, 0) is 11.6 Å². The summed E-state index contributed by atoms with van der Waals surface area (Å²) in [5, 5.41) is 0. The quantitative estimate of drug-likeness (QED) is 0.695. The molecule has 0 aliphatic rings. The molecule has 0 bridgehead atoms. The molecule has 68 valence electrons. The van der Waals surface area contributed by atoms with E-state index in [-0.39, 0.29) is 5.56 Å². The molecule has 1 aromatic heterocycles. The number of halogens is 3. The van der Waals surface area contributed by atoms with Crippen molar-refractivity contribution >= 4 is 0 Å². The van der Waals surface area contributed by atoms with Gasteiger partial charge in [0.2, 0.25) is 0 Å². The van der Waals surface area contributed by atoms with Crippen LogP contribution in [0.1, 0.15) is 11.6 Å². The van der Waals surface area contributed by atoms with Crippen LogP contribution in [0, 0.1) is 0 Å². The first-order chi connectivity index (χ1) is 5.41. The van der Waals surface area contributed by atoms with Crippen LogP contribution in [0.5, 0.6) is 0 Å². The molecule has 0 radical (unpaired) electrons. The van der Waals surface area contributed by atoms with Gasteiger partial charge in [-0.1, -0.05) is 0 Å². The van der Waals surface area contributed by atoms with Crippen LogP contribution < -0.4 is 5.73 Å². The monoisotopic (exact) mass is 178 g/mol. The molecular formula is C7H9F3N2. The van der Waals surface area contributed by atoms with Crippen molar-refractivity contribution in [3.05, 3.63) is 24.0 Å². The summed E-state index contributed by atoms with van der Waals surface area (Å²) in [6, 6.07) is -0.517. The highest BCUT2D eigenvalue weighted by Gasteiger charge is 2.38. The maximum absolute atomic E-state index is 12.0. The number of rotatable bonds is 1. The van der Waals surface area contributed by atoms with Gasteiger partial charge in [-0.3, -0.25) is 0 Å². The van der Waals surface area contributed by atoms with E-state index in [1.165, 1.54) is 23.0 Å². The average molecular weight is 178 g/mol. The van der Waals surface area contributed by atoms with E-state index in [4.69, 9.17) is 5.73 Å². The topological polar surface area (TPSA) is 30.9 Å². The fourth-order valence-corrected chi connectivity index (χ4v) is 0.898. The molecule has 1 atom stereocenters. The summed E-state index contributed by atoms with van der Waals surface area (Å²) in [4.78, 5) is 0. The fraction of sp³-hybridized carbons (Fsp3) is 0.429. The molecule has 0 saturated heterocycles. The normalized spacial score (nSPS) is 14.8. The van der Waals surface area contributed by atoms with Crippen LogP contribution in [-0.2, 0) is 7.05 Å². The van der Waals surface area contributed by atoms with Gasteiger partial charge in [-0.15, -0.1) is 0 Å². The van der Waals surface area contributed by atoms with Gasteiger partial charge in [0.15, 0.2) is 0 Å². The van der Waals surface area contributed by atoms with Gasteiger partial charge in [-0.2, -0.15) is 13.2 Å². The Bertz CT molecular complexity index is 264. The van der Waals surface area contributed by atoms with Gasteiger partial charge in [0.25, 0.3) is 0 Å². The molecule has 1 rings (SSSR count). The summed E-state index contributed by atoms with van der Waals surface area (Å²) in [5.74, 6) is 0. The first kappa shape index (κ1) is 9.12. The van der Waals surface area contributed by atoms with E-state index in [0.29, 0.717) is 0 Å². The number of nitrogens with zero attached hydrogens (tertiary/aromatic N) is 1. The van der Waals surface area contributed by atoms with Crippen molar-refractivity contribution < 1.29 is 13.2 Å². The van der Waals surface area contributed by atoms with Crippen molar-refractivity contribution in [3.63, 3.8) is 0 Å². The molecule has 0 aliphatic heterocycles. The third-order valence-electron chi connectivity index (χ3n) is 1.57. The van der Waals surface area contributed by atoms with Gasteiger partial charge in [-0.25, -0.2) is 0 Å². The van der Waals surface area contributed by atoms with Gasteiger partial charge in [0, 0.05) is 19.4 Å². The number of nitrogens with two attached hydrogens (primary N) is 1. The lowest BCUT2D eigenvalue weighted by Crippen LogP contribution is -2.27. The molecule has 0 fully saturated rings. The summed E-state index contributed by atoms with van der Waals surface area (Å²) in [6.45, 7) is 0. The zero-order valence-corrected chi connectivity index (χ0v) is 6.47. The van der Waals surface area contributed by atoms with Crippen LogP contribution in [0.3, 0.4) is 0 Å². The van der Waals surface area contributed by atoms with E-state index in [9.17, 15) is 13.2 Å². The highest BCUT2D eigenvalue weighted by atomic mass is 19.4. The SMILES string of the molecule is Cn1ccc([C@@H](N)C(F)(F)F)c1. The number of hydrogen-bond donors (Lipinski definition) is 1. The molecule has 0 saturated carbocycles. The standard InChI is InChI=1S/C7H9F3N2/c1-12-3-2-5(4-12)6(11)7(8,9)10/h2-4,6H,11H2,1H3/t6-/m1/s1. The van der Waals surface area contributed by atoms with Crippen molar-refractivity contribution in [2.45, 2.75) is 12.2 Å². The largest absolute Gasteiger partial charge is 0.407 e. The zero-order valence-electron chi connectivity index (χ0n) is 6.47. The van der Waals surface area contributed by atoms with Crippen molar-refractivity contribution in [1.82, 2.24) is 4.57 Å². The summed E-state index contributed by atoms with van der Waals surface area (Å²) in [7, 11) is 1.65. The van der Waals surface area contributed by atoms with Crippen molar-refractivity contribution in [2.24, 2.45) is 12.8 Å². The summed E-state index contributed by atoms with van der Waals surface area (Å²) >= 11 is 0. The Morgan fingerprint density at radius 1 is 1.50 bits per heavy atom. The van der Waals surface area contributed by atoms with Crippen molar-refractivity contribution in [3.8, 4) is 0 Å². The molecule has 0 amide bonds. The second-order valence-corrected chi connectivity index (χ2v) is 2.63. The van der Waals surface area contributed by atoms with Gasteiger partial charge < -0.3 is 10.3 Å². The summed E-state index contributed by atoms with van der Waals surface area (Å²) in [6.07, 6.45) is -1.47. The number of hydrogen-bond acceptors (Lipinski definition) is 1. The maximum Gasteiger partial charge on any atom is 0.407 e. The lowest BCUT2D eigenvalue weighted by Gasteiger charge is -2.13. The third-order valence-corrected chi connectivity index (χ3v) is 1.57. The second kappa shape index (κ2) is 2.82. The molecule has 2 N–H and O–H groups in total. The zero-order chi connectivity index (χ0) is 9.35. The molecule has 12 heavy (non-hydrogen) atoms. The Labute approximate surface area is 67.8 Å². The maximum atomic E-state index is 12.0. The Kier molecular flexibility index (Phi) is 2.14. The minimum atomic E-state index is -4.36. The van der Waals surface area contributed by atoms with E-state index in [0.717, 1.165) is 0 Å². The van der Waals surface area contributed by atoms with Crippen LogP contribution in [0.15, 0.2) is 18.5 Å². The van der Waals surface area contributed by atoms with Gasteiger partial charge in [0.1, 0.15) is 6.04 Å². The van der Waals surface area contributed by atoms with Crippen LogP contribution in [-0.4, -0.2) is 10.7 Å². The molecular weight excluding hydrogens is 169 g/mol. The predicted octanol–water partition coefficient (Wildman–Crippen LogP) is 1.59. The Morgan fingerprint density at radius 2 is 2.08 bits per heavy atom. The van der Waals surface area contributed by atoms with Crippen molar-refractivity contribution in [2.75, 3.05) is 0 Å². The van der Waals surface area contributed by atoms with Gasteiger partial charge in [0.05, 0.1) is 0 Å². The van der Waals surface area contributed by atoms with Gasteiger partial charge >= 0.3 is 6.18 Å². The summed E-state index contributed by atoms with van der Waals surface area (Å²) in [5.41, 5.74) is 5.04. The molecule has 1 aromatic rings. The Balaban J connectivity index is 2.85. The third kappa shape index (κ3) is 1.79. The second-order valence-electron chi connectivity index (χ2n) is 2.63. The predicted molar refractivity (Wildman–Crippen MR) is 38.4 cm³/mol. The van der Waals surface area contributed by atoms with Crippen LogP contribution >= 0.6 is 0 Å². The highest BCUT2D eigenvalue weighted by molar-refractivity contribution is 5.16. The number of aromatic nitrogens is 1. The molecule has 5 heteroatoms. The minimum absolute atomic E-state index is 0.0880. The molecule has 0 aromatic carbocycles. The lowest BCUT2D eigenvalue weighted by atomic mass is 10.1. The molecule has 1 heterocycles. The van der Waals surface area contributed by atoms with E-state index in [1.54, 1.807) is 7.05 Å². The minimum Gasteiger partial charge on any atom is -0.357 e. The highest BCUT2D eigenvalue weighted by Crippen LogP contribution is 2.30. The first-order valence-corrected chi connectivity index (χ1v) is 3.35. The molecule has 0 unspecified atom stereocenters. The number of alkyl halides is 3. The molecule has 2 nitrogen and oxygen atoms in total. The van der Waals surface area contributed by atoms with E-state index in [2.05, 4.69) is 0 Å². The molecule has 0 spiro atoms. The Morgan fingerprint density at radius 3 is 2.42 bits per heavy atom. The smallest absolute Gasteiger partial charge is 0.357 e. The van der Waals surface area contributed by atoms with Crippen LogP contribution in [0.4, 0.5) is 13.2 Å². The fourth-order valence-electron chi connectivity index (χ4n) is 0.898. The number of aryl methyl sites for hydroxylation is 1. The Hall–Kier alpha value is -0.970. The van der Waals surface area contributed by atoms with Crippen molar-refractivity contribution in [1.29, 1.82) is 0 Å². The molecule has 0 aliphatic carbocycles. The van der Waals surface area contributed by atoms with E-state index >= 15 is 0 Å². The first-order valence-electron chi connectivity index (χ1n) is 3.35.